The Labute approximate surface area is 177 Å². The molecule has 1 amide bonds. The summed E-state index contributed by atoms with van der Waals surface area (Å²) in [7, 11) is 0. The zero-order chi connectivity index (χ0) is 21.3. The SMILES string of the molecule is CSc1ccc(Nc2c(C(=O)NOC[C@@H](C)O)n(C3CC3)c3ccncc23)c(F)c1. The topological polar surface area (TPSA) is 88.4 Å². The fourth-order valence-corrected chi connectivity index (χ4v) is 3.78. The third-order valence-electron chi connectivity index (χ3n) is 4.86. The van der Waals surface area contributed by atoms with E-state index in [0.717, 1.165) is 28.6 Å². The molecule has 1 atom stereocenters. The van der Waals surface area contributed by atoms with Gasteiger partial charge in [-0.3, -0.25) is 14.6 Å². The maximum absolute atomic E-state index is 14.7. The molecule has 1 aromatic carbocycles. The number of aromatic nitrogens is 2. The van der Waals surface area contributed by atoms with Crippen molar-refractivity contribution in [2.45, 2.75) is 36.8 Å². The number of benzene rings is 1. The number of aliphatic hydroxyl groups is 1. The Hall–Kier alpha value is -2.62. The number of carbonyl (C=O) groups is 1. The van der Waals surface area contributed by atoms with Gasteiger partial charge in [0.1, 0.15) is 18.1 Å². The van der Waals surface area contributed by atoms with Crippen LogP contribution < -0.4 is 10.8 Å². The zero-order valence-corrected chi connectivity index (χ0v) is 17.5. The number of halogens is 1. The average Bonchev–Trinajstić information content (AvgIpc) is 3.51. The fourth-order valence-electron chi connectivity index (χ4n) is 3.35. The summed E-state index contributed by atoms with van der Waals surface area (Å²) in [6, 6.07) is 6.96. The van der Waals surface area contributed by atoms with Crippen molar-refractivity contribution in [3.05, 3.63) is 48.2 Å². The van der Waals surface area contributed by atoms with E-state index < -0.39 is 17.8 Å². The van der Waals surface area contributed by atoms with Crippen molar-refractivity contribution < 1.29 is 19.1 Å². The minimum atomic E-state index is -0.717. The van der Waals surface area contributed by atoms with Crippen LogP contribution in [-0.2, 0) is 4.84 Å². The maximum Gasteiger partial charge on any atom is 0.293 e. The van der Waals surface area contributed by atoms with Crippen LogP contribution in [0.1, 0.15) is 36.3 Å². The largest absolute Gasteiger partial charge is 0.391 e. The number of amides is 1. The molecule has 0 unspecified atom stereocenters. The fraction of sp³-hybridized carbons (Fsp3) is 0.333. The molecule has 2 heterocycles. The van der Waals surface area contributed by atoms with Crippen LogP contribution in [0.3, 0.4) is 0 Å². The number of hydroxylamine groups is 1. The number of rotatable bonds is 8. The molecule has 3 aromatic rings. The summed E-state index contributed by atoms with van der Waals surface area (Å²) in [6.45, 7) is 1.53. The van der Waals surface area contributed by atoms with Gasteiger partial charge in [-0.25, -0.2) is 9.87 Å². The van der Waals surface area contributed by atoms with Crippen molar-refractivity contribution in [2.75, 3.05) is 18.2 Å². The lowest BCUT2D eigenvalue weighted by molar-refractivity contribution is -0.00725. The number of fused-ring (bicyclic) bond motifs is 1. The molecular formula is C21H23FN4O3S. The average molecular weight is 431 g/mol. The lowest BCUT2D eigenvalue weighted by Crippen LogP contribution is -2.29. The summed E-state index contributed by atoms with van der Waals surface area (Å²) < 4.78 is 16.6. The van der Waals surface area contributed by atoms with Gasteiger partial charge in [-0.05, 0) is 50.3 Å². The van der Waals surface area contributed by atoms with Gasteiger partial charge in [0.2, 0.25) is 0 Å². The van der Waals surface area contributed by atoms with Gasteiger partial charge in [0.15, 0.2) is 0 Å². The van der Waals surface area contributed by atoms with Gasteiger partial charge in [-0.15, -0.1) is 11.8 Å². The van der Waals surface area contributed by atoms with E-state index in [-0.39, 0.29) is 18.3 Å². The van der Waals surface area contributed by atoms with Crippen LogP contribution in [0.15, 0.2) is 41.6 Å². The summed E-state index contributed by atoms with van der Waals surface area (Å²) in [5.41, 5.74) is 4.33. The minimum Gasteiger partial charge on any atom is -0.391 e. The van der Waals surface area contributed by atoms with Crippen molar-refractivity contribution in [1.82, 2.24) is 15.0 Å². The molecule has 9 heteroatoms. The van der Waals surface area contributed by atoms with Gasteiger partial charge in [0, 0.05) is 28.7 Å². The normalized spacial score (nSPS) is 14.7. The van der Waals surface area contributed by atoms with E-state index in [1.807, 2.05) is 23.0 Å². The van der Waals surface area contributed by atoms with Crippen LogP contribution in [0.5, 0.6) is 0 Å². The predicted molar refractivity (Wildman–Crippen MR) is 115 cm³/mol. The van der Waals surface area contributed by atoms with Crippen molar-refractivity contribution in [3.8, 4) is 0 Å². The Morgan fingerprint density at radius 3 is 2.90 bits per heavy atom. The second-order valence-electron chi connectivity index (χ2n) is 7.28. The van der Waals surface area contributed by atoms with Gasteiger partial charge < -0.3 is 15.0 Å². The molecule has 0 aliphatic heterocycles. The van der Waals surface area contributed by atoms with Crippen LogP contribution in [0.25, 0.3) is 10.9 Å². The summed E-state index contributed by atoms with van der Waals surface area (Å²) in [5, 5.41) is 13.2. The molecule has 0 radical (unpaired) electrons. The summed E-state index contributed by atoms with van der Waals surface area (Å²) >= 11 is 1.45. The molecule has 2 aromatic heterocycles. The van der Waals surface area contributed by atoms with Gasteiger partial charge >= 0.3 is 0 Å². The number of thioether (sulfide) groups is 1. The van der Waals surface area contributed by atoms with Crippen molar-refractivity contribution >= 4 is 39.9 Å². The quantitative estimate of drug-likeness (QED) is 0.370. The molecule has 0 saturated heterocycles. The van der Waals surface area contributed by atoms with Gasteiger partial charge in [-0.1, -0.05) is 0 Å². The Kier molecular flexibility index (Phi) is 5.94. The highest BCUT2D eigenvalue weighted by Gasteiger charge is 2.33. The minimum absolute atomic E-state index is 0.0372. The van der Waals surface area contributed by atoms with E-state index in [2.05, 4.69) is 15.8 Å². The molecule has 0 bridgehead atoms. The maximum atomic E-state index is 14.7. The first-order valence-electron chi connectivity index (χ1n) is 9.68. The number of carbonyl (C=O) groups excluding carboxylic acids is 1. The number of nitrogens with zero attached hydrogens (tertiary/aromatic N) is 2. The van der Waals surface area contributed by atoms with Gasteiger partial charge in [0.05, 0.1) is 23.0 Å². The Morgan fingerprint density at radius 2 is 2.23 bits per heavy atom. The van der Waals surface area contributed by atoms with Crippen molar-refractivity contribution in [1.29, 1.82) is 0 Å². The number of nitrogens with one attached hydrogen (secondary N) is 2. The molecule has 1 aliphatic rings. The zero-order valence-electron chi connectivity index (χ0n) is 16.7. The second kappa shape index (κ2) is 8.63. The number of pyridine rings is 1. The van der Waals surface area contributed by atoms with E-state index in [9.17, 15) is 14.3 Å². The third-order valence-corrected chi connectivity index (χ3v) is 5.58. The van der Waals surface area contributed by atoms with Crippen molar-refractivity contribution in [3.63, 3.8) is 0 Å². The molecular weight excluding hydrogens is 407 g/mol. The van der Waals surface area contributed by atoms with Crippen LogP contribution in [-0.4, -0.2) is 39.5 Å². The number of aliphatic hydroxyl groups excluding tert-OH is 1. The molecule has 4 rings (SSSR count). The Bertz CT molecular complexity index is 1080. The summed E-state index contributed by atoms with van der Waals surface area (Å²) in [4.78, 5) is 23.2. The van der Waals surface area contributed by atoms with Gasteiger partial charge in [-0.2, -0.15) is 0 Å². The lowest BCUT2D eigenvalue weighted by atomic mass is 10.2. The second-order valence-corrected chi connectivity index (χ2v) is 8.16. The number of hydrogen-bond donors (Lipinski definition) is 3. The molecule has 3 N–H and O–H groups in total. The van der Waals surface area contributed by atoms with E-state index in [1.165, 1.54) is 17.8 Å². The predicted octanol–water partition coefficient (Wildman–Crippen LogP) is 4.02. The van der Waals surface area contributed by atoms with E-state index in [0.29, 0.717) is 11.4 Å². The van der Waals surface area contributed by atoms with Crippen LogP contribution >= 0.6 is 11.8 Å². The highest BCUT2D eigenvalue weighted by atomic mass is 32.2. The standard InChI is InChI=1S/C21H23FN4O3S/c1-12(27)11-29-25-21(28)20-19(24-17-6-5-14(30-2)9-16(17)22)15-10-23-8-7-18(15)26(20)13-3-4-13/h5-10,12-13,24,27H,3-4,11H2,1-2H3,(H,25,28)/t12-/m1/s1. The molecule has 1 fully saturated rings. The van der Waals surface area contributed by atoms with Crippen LogP contribution in [0.4, 0.5) is 15.8 Å². The van der Waals surface area contributed by atoms with E-state index in [4.69, 9.17) is 4.84 Å². The van der Waals surface area contributed by atoms with Crippen LogP contribution in [0.2, 0.25) is 0 Å². The molecule has 1 saturated carbocycles. The summed E-state index contributed by atoms with van der Waals surface area (Å²) in [6.07, 6.45) is 6.41. The van der Waals surface area contributed by atoms with E-state index in [1.54, 1.807) is 25.4 Å². The molecule has 7 nitrogen and oxygen atoms in total. The Balaban J connectivity index is 1.78. The van der Waals surface area contributed by atoms with Crippen LogP contribution in [0, 0.1) is 5.82 Å². The lowest BCUT2D eigenvalue weighted by Gasteiger charge is -2.14. The summed E-state index contributed by atoms with van der Waals surface area (Å²) in [5.74, 6) is -0.878. The molecule has 1 aliphatic carbocycles. The number of anilines is 2. The monoisotopic (exact) mass is 430 g/mol. The molecule has 0 spiro atoms. The smallest absolute Gasteiger partial charge is 0.293 e. The Morgan fingerprint density at radius 1 is 1.43 bits per heavy atom. The first-order valence-corrected chi connectivity index (χ1v) is 10.9. The number of hydrogen-bond acceptors (Lipinski definition) is 6. The van der Waals surface area contributed by atoms with E-state index >= 15 is 0 Å². The molecule has 158 valence electrons. The first kappa shape index (κ1) is 20.6. The highest BCUT2D eigenvalue weighted by molar-refractivity contribution is 7.98. The van der Waals surface area contributed by atoms with Crippen molar-refractivity contribution in [2.24, 2.45) is 0 Å². The third kappa shape index (κ3) is 4.14. The van der Waals surface area contributed by atoms with Gasteiger partial charge in [0.25, 0.3) is 5.91 Å². The first-order chi connectivity index (χ1) is 14.5. The molecule has 30 heavy (non-hydrogen) atoms. The highest BCUT2D eigenvalue weighted by Crippen LogP contribution is 2.44.